The Balaban J connectivity index is 1.79. The van der Waals surface area contributed by atoms with Crippen LogP contribution < -0.4 is 0 Å². The van der Waals surface area contributed by atoms with E-state index in [2.05, 4.69) is 31.2 Å². The lowest BCUT2D eigenvalue weighted by atomic mass is 9.96. The first-order chi connectivity index (χ1) is 12.2. The smallest absolute Gasteiger partial charge is 0.338 e. The molecule has 0 saturated carbocycles. The normalized spacial score (nSPS) is 14.6. The summed E-state index contributed by atoms with van der Waals surface area (Å²) in [6.45, 7) is 4.37. The second kappa shape index (κ2) is 8.15. The summed E-state index contributed by atoms with van der Waals surface area (Å²) in [5.41, 5.74) is 7.27. The summed E-state index contributed by atoms with van der Waals surface area (Å²) in [6.07, 6.45) is 8.54. The van der Waals surface area contributed by atoms with Crippen molar-refractivity contribution in [2.45, 2.75) is 46.0 Å². The number of esters is 1. The fourth-order valence-electron chi connectivity index (χ4n) is 3.42. The van der Waals surface area contributed by atoms with E-state index in [-0.39, 0.29) is 5.97 Å². The van der Waals surface area contributed by atoms with Gasteiger partial charge < -0.3 is 4.74 Å². The summed E-state index contributed by atoms with van der Waals surface area (Å²) in [5.74, 6) is -0.263. The fraction of sp³-hybridized carbons (Fsp3) is 0.348. The van der Waals surface area contributed by atoms with Gasteiger partial charge in [-0.2, -0.15) is 0 Å². The van der Waals surface area contributed by atoms with Crippen LogP contribution in [0.4, 0.5) is 0 Å². The van der Waals surface area contributed by atoms with Gasteiger partial charge in [-0.05, 0) is 79.5 Å². The Morgan fingerprint density at radius 2 is 1.64 bits per heavy atom. The quantitative estimate of drug-likeness (QED) is 0.408. The van der Waals surface area contributed by atoms with Crippen molar-refractivity contribution in [1.82, 2.24) is 0 Å². The predicted octanol–water partition coefficient (Wildman–Crippen LogP) is 5.69. The zero-order valence-electron chi connectivity index (χ0n) is 15.2. The van der Waals surface area contributed by atoms with Crippen molar-refractivity contribution in [3.05, 3.63) is 70.3 Å². The number of carbonyl (C=O) groups excluding carboxylic acids is 1. The molecule has 0 atom stereocenters. The average Bonchev–Trinajstić information content (AvgIpc) is 2.87. The number of fused-ring (bicyclic) bond motifs is 1. The van der Waals surface area contributed by atoms with E-state index in [0.717, 1.165) is 5.56 Å². The lowest BCUT2D eigenvalue weighted by molar-refractivity contribution is 0.0526. The molecule has 0 bridgehead atoms. The molecule has 0 fully saturated rings. The molecule has 2 nitrogen and oxygen atoms in total. The summed E-state index contributed by atoms with van der Waals surface area (Å²) in [6, 6.07) is 14.5. The van der Waals surface area contributed by atoms with E-state index >= 15 is 0 Å². The van der Waals surface area contributed by atoms with Crippen molar-refractivity contribution in [2.24, 2.45) is 0 Å². The minimum absolute atomic E-state index is 0.263. The second-order valence-electron chi connectivity index (χ2n) is 6.71. The Bertz CT molecular complexity index is 769. The molecule has 3 rings (SSSR count). The van der Waals surface area contributed by atoms with Gasteiger partial charge in [0.25, 0.3) is 0 Å². The van der Waals surface area contributed by atoms with E-state index in [1.54, 1.807) is 0 Å². The van der Waals surface area contributed by atoms with Crippen LogP contribution >= 0.6 is 0 Å². The molecule has 2 aromatic rings. The van der Waals surface area contributed by atoms with Gasteiger partial charge in [-0.3, -0.25) is 0 Å². The Labute approximate surface area is 150 Å². The number of aryl methyl sites for hydroxylation is 2. The van der Waals surface area contributed by atoms with E-state index in [1.807, 2.05) is 31.2 Å². The zero-order chi connectivity index (χ0) is 17.6. The third kappa shape index (κ3) is 4.39. The number of allylic oxidation sites excluding steroid dienone is 1. The number of benzene rings is 2. The first-order valence-electron chi connectivity index (χ1n) is 9.25. The molecule has 0 aromatic heterocycles. The van der Waals surface area contributed by atoms with Crippen LogP contribution in [0.3, 0.4) is 0 Å². The Hall–Kier alpha value is -2.35. The SMILES string of the molecule is CCOC(=O)c1ccc(C=C(C)c2ccc3c(c2)CCCCC3)cc1. The number of rotatable bonds is 4. The van der Waals surface area contributed by atoms with Crippen LogP contribution in [0, 0.1) is 0 Å². The van der Waals surface area contributed by atoms with Crippen molar-refractivity contribution in [3.63, 3.8) is 0 Å². The minimum Gasteiger partial charge on any atom is -0.462 e. The fourth-order valence-corrected chi connectivity index (χ4v) is 3.42. The summed E-state index contributed by atoms with van der Waals surface area (Å²) in [4.78, 5) is 11.7. The van der Waals surface area contributed by atoms with Gasteiger partial charge in [-0.25, -0.2) is 4.79 Å². The monoisotopic (exact) mass is 334 g/mol. The van der Waals surface area contributed by atoms with Gasteiger partial charge in [0, 0.05) is 0 Å². The lowest BCUT2D eigenvalue weighted by Gasteiger charge is -2.10. The molecule has 1 aliphatic rings. The van der Waals surface area contributed by atoms with Gasteiger partial charge in [0.2, 0.25) is 0 Å². The molecule has 25 heavy (non-hydrogen) atoms. The number of hydrogen-bond donors (Lipinski definition) is 0. The molecular weight excluding hydrogens is 308 g/mol. The number of ether oxygens (including phenoxy) is 1. The van der Waals surface area contributed by atoms with Crippen LogP contribution in [-0.4, -0.2) is 12.6 Å². The Morgan fingerprint density at radius 3 is 2.36 bits per heavy atom. The van der Waals surface area contributed by atoms with Crippen LogP contribution in [0.2, 0.25) is 0 Å². The molecule has 0 radical (unpaired) electrons. The second-order valence-corrected chi connectivity index (χ2v) is 6.71. The van der Waals surface area contributed by atoms with E-state index in [0.29, 0.717) is 12.2 Å². The van der Waals surface area contributed by atoms with Gasteiger partial charge in [-0.15, -0.1) is 0 Å². The number of carbonyl (C=O) groups is 1. The van der Waals surface area contributed by atoms with Gasteiger partial charge >= 0.3 is 5.97 Å². The standard InChI is InChI=1S/C23H26O2/c1-3-25-23(24)20-11-9-18(10-12-20)15-17(2)21-14-13-19-7-5-4-6-8-22(19)16-21/h9-16H,3-8H2,1-2H3. The predicted molar refractivity (Wildman–Crippen MR) is 104 cm³/mol. The summed E-state index contributed by atoms with van der Waals surface area (Å²) >= 11 is 0. The molecule has 0 amide bonds. The maximum absolute atomic E-state index is 11.7. The highest BCUT2D eigenvalue weighted by Gasteiger charge is 2.09. The first-order valence-corrected chi connectivity index (χ1v) is 9.25. The molecule has 130 valence electrons. The molecule has 0 heterocycles. The third-order valence-corrected chi connectivity index (χ3v) is 4.86. The van der Waals surface area contributed by atoms with Crippen molar-refractivity contribution < 1.29 is 9.53 Å². The minimum atomic E-state index is -0.263. The number of hydrogen-bond acceptors (Lipinski definition) is 2. The van der Waals surface area contributed by atoms with Gasteiger partial charge in [0.1, 0.15) is 0 Å². The van der Waals surface area contributed by atoms with E-state index in [9.17, 15) is 4.79 Å². The van der Waals surface area contributed by atoms with Crippen LogP contribution in [0.15, 0.2) is 42.5 Å². The van der Waals surface area contributed by atoms with E-state index < -0.39 is 0 Å². The van der Waals surface area contributed by atoms with Crippen LogP contribution in [0.1, 0.15) is 65.7 Å². The Morgan fingerprint density at radius 1 is 0.960 bits per heavy atom. The lowest BCUT2D eigenvalue weighted by Crippen LogP contribution is -2.03. The van der Waals surface area contributed by atoms with Gasteiger partial charge in [0.15, 0.2) is 0 Å². The van der Waals surface area contributed by atoms with E-state index in [1.165, 1.54) is 54.4 Å². The molecule has 0 saturated heterocycles. The molecule has 2 aromatic carbocycles. The zero-order valence-corrected chi connectivity index (χ0v) is 15.2. The average molecular weight is 334 g/mol. The van der Waals surface area contributed by atoms with Crippen LogP contribution in [-0.2, 0) is 17.6 Å². The summed E-state index contributed by atoms with van der Waals surface area (Å²) < 4.78 is 5.03. The van der Waals surface area contributed by atoms with Crippen LogP contribution in [0.25, 0.3) is 11.6 Å². The van der Waals surface area contributed by atoms with Crippen LogP contribution in [0.5, 0.6) is 0 Å². The van der Waals surface area contributed by atoms with Crippen molar-refractivity contribution in [1.29, 1.82) is 0 Å². The first kappa shape index (κ1) is 17.5. The topological polar surface area (TPSA) is 26.3 Å². The molecule has 1 aliphatic carbocycles. The third-order valence-electron chi connectivity index (χ3n) is 4.86. The Kier molecular flexibility index (Phi) is 5.70. The molecule has 0 spiro atoms. The highest BCUT2D eigenvalue weighted by Crippen LogP contribution is 2.25. The highest BCUT2D eigenvalue weighted by atomic mass is 16.5. The van der Waals surface area contributed by atoms with Gasteiger partial charge in [-0.1, -0.05) is 42.8 Å². The summed E-state index contributed by atoms with van der Waals surface area (Å²) in [7, 11) is 0. The summed E-state index contributed by atoms with van der Waals surface area (Å²) in [5, 5.41) is 0. The maximum Gasteiger partial charge on any atom is 0.338 e. The van der Waals surface area contributed by atoms with Crippen molar-refractivity contribution >= 4 is 17.6 Å². The van der Waals surface area contributed by atoms with Crippen molar-refractivity contribution in [2.75, 3.05) is 6.61 Å². The van der Waals surface area contributed by atoms with Gasteiger partial charge in [0.05, 0.1) is 12.2 Å². The van der Waals surface area contributed by atoms with Crippen molar-refractivity contribution in [3.8, 4) is 0 Å². The maximum atomic E-state index is 11.7. The molecule has 0 N–H and O–H groups in total. The molecular formula is C23H26O2. The molecule has 0 unspecified atom stereocenters. The largest absolute Gasteiger partial charge is 0.462 e. The van der Waals surface area contributed by atoms with E-state index in [4.69, 9.17) is 4.74 Å². The molecule has 0 aliphatic heterocycles. The molecule has 2 heteroatoms. The highest BCUT2D eigenvalue weighted by molar-refractivity contribution is 5.90.